The maximum Gasteiger partial charge on any atom is 0.419 e. The Morgan fingerprint density at radius 1 is 0.590 bits per heavy atom. The maximum absolute atomic E-state index is 14.6. The average Bonchev–Trinajstić information content (AvgIpc) is 1.67. The highest BCUT2D eigenvalue weighted by Gasteiger charge is 2.40. The van der Waals surface area contributed by atoms with Crippen molar-refractivity contribution in [2.75, 3.05) is 26.2 Å². The van der Waals surface area contributed by atoms with Crippen LogP contribution in [0.1, 0.15) is 179 Å². The Morgan fingerprint density at radius 2 is 1.05 bits per heavy atom. The van der Waals surface area contributed by atoms with Crippen LogP contribution in [0.5, 0.6) is 11.5 Å². The van der Waals surface area contributed by atoms with E-state index in [0.717, 1.165) is 11.1 Å². The first-order valence-electron chi connectivity index (χ1n) is 35.3. The van der Waals surface area contributed by atoms with Crippen molar-refractivity contribution in [3.63, 3.8) is 0 Å². The van der Waals surface area contributed by atoms with Crippen LogP contribution in [0.15, 0.2) is 50.2 Å². The number of nitrogens with two attached hydrogens (primary N) is 3. The zero-order chi connectivity index (χ0) is 79.0. The number of nitrogens with zero attached hydrogens (tertiary/aromatic N) is 3. The highest BCUT2D eigenvalue weighted by Crippen LogP contribution is 2.45. The molecule has 2 aliphatic heterocycles. The van der Waals surface area contributed by atoms with Crippen LogP contribution in [-0.2, 0) is 82.3 Å². The first-order chi connectivity index (χ1) is 48.4. The van der Waals surface area contributed by atoms with Crippen molar-refractivity contribution >= 4 is 90.4 Å². The lowest BCUT2D eigenvalue weighted by atomic mass is 9.94. The lowest BCUT2D eigenvalue weighted by Gasteiger charge is -2.28. The van der Waals surface area contributed by atoms with E-state index in [4.69, 9.17) is 36.1 Å². The molecule has 3 heterocycles. The smallest absolute Gasteiger partial charge is 0.419 e. The number of fused-ring (bicyclic) bond motifs is 3. The van der Waals surface area contributed by atoms with Gasteiger partial charge in [0.05, 0.1) is 27.9 Å². The van der Waals surface area contributed by atoms with E-state index in [9.17, 15) is 55.2 Å². The molecule has 0 saturated heterocycles. The van der Waals surface area contributed by atoms with Crippen LogP contribution in [0.2, 0.25) is 0 Å². The van der Waals surface area contributed by atoms with E-state index in [1.807, 2.05) is 41.5 Å². The van der Waals surface area contributed by atoms with Crippen molar-refractivity contribution in [2.45, 2.75) is 252 Å². The van der Waals surface area contributed by atoms with Gasteiger partial charge in [0.2, 0.25) is 47.4 Å². The summed E-state index contributed by atoms with van der Waals surface area (Å²) < 4.78 is 85.3. The molecule has 0 aliphatic carbocycles. The van der Waals surface area contributed by atoms with Gasteiger partial charge in [-0.1, -0.05) is 45.9 Å². The number of benzene rings is 3. The van der Waals surface area contributed by atoms with Crippen LogP contribution >= 0.6 is 0 Å². The number of rotatable bonds is 30. The van der Waals surface area contributed by atoms with Gasteiger partial charge in [-0.2, -0.15) is 0 Å². The number of esters is 1. The minimum absolute atomic E-state index is 0.0166. The number of aliphatic imine (C=N–C) groups is 2. The number of carbonyl (C=O) groups is 8. The fraction of sp³-hybridized carbons (Fsp3) is 0.589. The summed E-state index contributed by atoms with van der Waals surface area (Å²) in [7, 11) is -8.60. The summed E-state index contributed by atoms with van der Waals surface area (Å²) in [6, 6.07) is 0.382. The maximum atomic E-state index is 14.6. The van der Waals surface area contributed by atoms with Gasteiger partial charge in [-0.05, 0) is 206 Å². The molecule has 30 nitrogen and oxygen atoms in total. The Hall–Kier alpha value is -9.04. The molecule has 0 spiro atoms. The highest BCUT2D eigenvalue weighted by atomic mass is 32.2. The molecular weight excluding hydrogens is 1390 g/mol. The molecule has 14 N–H and O–H groups in total. The predicted octanol–water partition coefficient (Wildman–Crippen LogP) is 4.93. The second kappa shape index (κ2) is 34.0. The summed E-state index contributed by atoms with van der Waals surface area (Å²) in [5.74, 6) is -6.22. The number of aromatic nitrogens is 1. The van der Waals surface area contributed by atoms with Crippen molar-refractivity contribution in [2.24, 2.45) is 39.0 Å². The van der Waals surface area contributed by atoms with Crippen molar-refractivity contribution in [3.05, 3.63) is 80.5 Å². The van der Waals surface area contributed by atoms with Gasteiger partial charge in [-0.3, -0.25) is 48.1 Å². The highest BCUT2D eigenvalue weighted by molar-refractivity contribution is 7.90. The molecule has 105 heavy (non-hydrogen) atoms. The van der Waals surface area contributed by atoms with Gasteiger partial charge in [0, 0.05) is 48.6 Å². The van der Waals surface area contributed by atoms with Gasteiger partial charge >= 0.3 is 12.1 Å². The van der Waals surface area contributed by atoms with Crippen LogP contribution in [0.3, 0.4) is 0 Å². The number of hydrogen-bond acceptors (Lipinski definition) is 19. The largest absolute Gasteiger partial charge is 0.487 e. The zero-order valence-electron chi connectivity index (χ0n) is 64.3. The lowest BCUT2D eigenvalue weighted by molar-refractivity contribution is -0.154. The number of hydrogen-bond donors (Lipinski definition) is 11. The van der Waals surface area contributed by atoms with E-state index in [1.54, 1.807) is 127 Å². The molecule has 6 amide bonds. The molecule has 580 valence electrons. The van der Waals surface area contributed by atoms with E-state index < -0.39 is 151 Å². The number of amides is 6. The second-order valence-corrected chi connectivity index (χ2v) is 34.3. The average molecular weight is 1500 g/mol. The van der Waals surface area contributed by atoms with Crippen LogP contribution in [0.4, 0.5) is 4.79 Å². The van der Waals surface area contributed by atoms with E-state index in [-0.39, 0.29) is 67.3 Å². The number of sulfonamides is 2. The monoisotopic (exact) mass is 1500 g/mol. The van der Waals surface area contributed by atoms with Crippen molar-refractivity contribution in [1.29, 1.82) is 0 Å². The Balaban J connectivity index is 1.20. The number of carbonyl (C=O) groups excluding carboxylic acids is 8. The van der Waals surface area contributed by atoms with Crippen molar-refractivity contribution < 1.29 is 74.1 Å². The van der Waals surface area contributed by atoms with Crippen LogP contribution < -0.4 is 68.0 Å². The molecule has 2 aliphatic rings. The van der Waals surface area contributed by atoms with Crippen molar-refractivity contribution in [1.82, 2.24) is 45.9 Å². The summed E-state index contributed by atoms with van der Waals surface area (Å²) in [6.07, 6.45) is 1.55. The standard InChI is InChI=1S/C73H110N14O16S2/c1-38(2)31-53(83-62(90)50(74)32-46-37-87(69(95)103-71(14,15)16)54-28-22-21-25-47(46)54)65(93)84-57(39(3)4)66(94)82-52(27-24-30-78-68(76)86-105(98,99)61-43(8)41(6)59-49(45(61)10)34-73(19,20)102-59)64(92)79-35-55(88)81-51(63(91)80-36-56(89)100-70(11,12)13)26-23-29-77-67(75)85-104(96,97)60-42(7)40(5)58-48(44(60)9)33-72(17,18)101-58/h21-22,25,28,37-39,50-53,57H,23-24,26-27,29-36,74H2,1-20H3,(H,79,92)(H,80,91)(H,81,88)(H,82,94)(H,83,90)(H,84,93)(H3,75,77,85)(H3,76,78,86)/t50-,51-,52-,53-,57-/m0/s1. The predicted molar refractivity (Wildman–Crippen MR) is 399 cm³/mol. The minimum Gasteiger partial charge on any atom is -0.487 e. The Morgan fingerprint density at radius 3 is 1.51 bits per heavy atom. The van der Waals surface area contributed by atoms with Crippen molar-refractivity contribution in [3.8, 4) is 11.5 Å². The summed E-state index contributed by atoms with van der Waals surface area (Å²) in [6.45, 7) is 33.3. The van der Waals surface area contributed by atoms with Crippen LogP contribution in [0.25, 0.3) is 10.9 Å². The topological polar surface area (TPSA) is 446 Å². The Kier molecular flexibility index (Phi) is 27.5. The molecular formula is C73H110N14O16S2. The van der Waals surface area contributed by atoms with Gasteiger partial charge in [-0.15, -0.1) is 0 Å². The summed E-state index contributed by atoms with van der Waals surface area (Å²) in [5.41, 5.74) is 22.0. The lowest BCUT2D eigenvalue weighted by Crippen LogP contribution is -2.59. The number of nitrogens with one attached hydrogen (secondary N) is 8. The van der Waals surface area contributed by atoms with E-state index >= 15 is 0 Å². The molecule has 0 bridgehead atoms. The van der Waals surface area contributed by atoms with E-state index in [0.29, 0.717) is 74.2 Å². The van der Waals surface area contributed by atoms with Crippen LogP contribution in [-0.4, -0.2) is 160 Å². The first kappa shape index (κ1) is 84.9. The third-order valence-corrected chi connectivity index (χ3v) is 21.0. The van der Waals surface area contributed by atoms with Gasteiger partial charge in [0.25, 0.3) is 20.0 Å². The normalized spacial score (nSPS) is 15.8. The van der Waals surface area contributed by atoms with Gasteiger partial charge in [0.15, 0.2) is 0 Å². The fourth-order valence-electron chi connectivity index (χ4n) is 12.7. The third kappa shape index (κ3) is 22.7. The molecule has 1 aromatic heterocycles. The van der Waals surface area contributed by atoms with Gasteiger partial charge in [0.1, 0.15) is 64.6 Å². The number of ether oxygens (including phenoxy) is 4. The molecule has 6 rings (SSSR count). The molecule has 4 aromatic rings. The summed E-state index contributed by atoms with van der Waals surface area (Å²) in [5, 5.41) is 16.4. The Bertz CT molecular complexity index is 4280. The molecule has 0 fully saturated rings. The summed E-state index contributed by atoms with van der Waals surface area (Å²) in [4.78, 5) is 120. The second-order valence-electron chi connectivity index (χ2n) is 31.1. The molecule has 5 atom stereocenters. The Labute approximate surface area is 616 Å². The molecule has 0 radical (unpaired) electrons. The number of guanidine groups is 2. The fourth-order valence-corrected chi connectivity index (χ4v) is 15.7. The van der Waals surface area contributed by atoms with E-state index in [1.165, 1.54) is 4.57 Å². The van der Waals surface area contributed by atoms with E-state index in [2.05, 4.69) is 51.3 Å². The zero-order valence-corrected chi connectivity index (χ0v) is 66.0. The molecule has 3 aromatic carbocycles. The molecule has 0 saturated carbocycles. The first-order valence-corrected chi connectivity index (χ1v) is 38.2. The minimum atomic E-state index is -4.32. The SMILES string of the molecule is Cc1c(C)c(S(=O)(=O)NC(N)=NCCC[C@H](NC(=O)CNC(=O)[C@H](CCCN=C(N)NS(=O)(=O)c2c(C)c(C)c3c(c2C)CC(C)(C)O3)NC(=O)[C@@H](NC(=O)[C@H](CC(C)C)NC(=O)[C@@H](N)Cc2cn(C(=O)OC(C)(C)C)c3ccccc23)C(C)C)C(=O)NCC(=O)OC(C)(C)C)c(C)c2c1OC(C)(C)C2. The van der Waals surface area contributed by atoms with Crippen LogP contribution in [0, 0.1) is 53.4 Å². The van der Waals surface area contributed by atoms with Gasteiger partial charge in [-0.25, -0.2) is 31.1 Å². The number of para-hydroxylation sites is 1. The quantitative estimate of drug-likeness (QED) is 0.0143. The summed E-state index contributed by atoms with van der Waals surface area (Å²) >= 11 is 0. The van der Waals surface area contributed by atoms with Gasteiger partial charge < -0.3 is 68.0 Å². The molecule has 32 heteroatoms. The third-order valence-electron chi connectivity index (χ3n) is 17.7. The molecule has 0 unspecified atom stereocenters.